The lowest BCUT2D eigenvalue weighted by Gasteiger charge is -2.05. The molecule has 0 bridgehead atoms. The molecule has 0 aliphatic rings. The van der Waals surface area contributed by atoms with Gasteiger partial charge in [0.15, 0.2) is 0 Å². The highest BCUT2D eigenvalue weighted by Gasteiger charge is 2.02. The molecule has 3 heteroatoms. The zero-order valence-electron chi connectivity index (χ0n) is 17.1. The molecule has 0 aliphatic heterocycles. The first-order valence-corrected chi connectivity index (χ1v) is 10.7. The number of unbranched alkanes of at least 4 members (excludes halogenated alkanes) is 8. The molecule has 0 saturated carbocycles. The Balaban J connectivity index is 1.91. The molecule has 1 rings (SSSR count). The maximum absolute atomic E-state index is 11.9. The number of carbonyl (C=O) groups is 1. The molecule has 0 spiro atoms. The van der Waals surface area contributed by atoms with Crippen molar-refractivity contribution in [3.63, 3.8) is 0 Å². The second kappa shape index (κ2) is 16.2. The summed E-state index contributed by atoms with van der Waals surface area (Å²) in [4.78, 5) is 11.9. The number of carbonyl (C=O) groups excluding carboxylic acids is 1. The van der Waals surface area contributed by atoms with Crippen LogP contribution in [0.5, 0.6) is 0 Å². The van der Waals surface area contributed by atoms with Gasteiger partial charge in [-0.15, -0.1) is 0 Å². The standard InChI is InChI=1S/C24H38N2O/c1-2-3-4-5-6-7-8-9-10-11-12-13-14-15-16-20-24(27)26-23-19-17-18-22(25)21-23/h6-7,9-10,17-19,21H,2-5,8,11-16,20,25H2,1H3,(H,26,27). The molecule has 27 heavy (non-hydrogen) atoms. The van der Waals surface area contributed by atoms with E-state index >= 15 is 0 Å². The van der Waals surface area contributed by atoms with Gasteiger partial charge in [-0.3, -0.25) is 4.79 Å². The van der Waals surface area contributed by atoms with Crippen molar-refractivity contribution in [3.8, 4) is 0 Å². The minimum Gasteiger partial charge on any atom is -0.399 e. The fourth-order valence-corrected chi connectivity index (χ4v) is 2.94. The predicted molar refractivity (Wildman–Crippen MR) is 119 cm³/mol. The van der Waals surface area contributed by atoms with Crippen LogP contribution in [-0.2, 0) is 4.79 Å². The minimum absolute atomic E-state index is 0.0753. The number of amides is 1. The summed E-state index contributed by atoms with van der Waals surface area (Å²) in [7, 11) is 0. The quantitative estimate of drug-likeness (QED) is 0.198. The molecule has 0 radical (unpaired) electrons. The zero-order chi connectivity index (χ0) is 19.6. The first-order valence-electron chi connectivity index (χ1n) is 10.7. The predicted octanol–water partition coefficient (Wildman–Crippen LogP) is 7.02. The summed E-state index contributed by atoms with van der Waals surface area (Å²) >= 11 is 0. The Morgan fingerprint density at radius 2 is 1.59 bits per heavy atom. The number of allylic oxidation sites excluding steroid dienone is 4. The van der Waals surface area contributed by atoms with Crippen molar-refractivity contribution in [2.75, 3.05) is 11.1 Å². The van der Waals surface area contributed by atoms with E-state index in [2.05, 4.69) is 36.5 Å². The lowest BCUT2D eigenvalue weighted by molar-refractivity contribution is -0.116. The largest absolute Gasteiger partial charge is 0.399 e. The van der Waals surface area contributed by atoms with Crippen LogP contribution in [0.25, 0.3) is 0 Å². The first kappa shape index (κ1) is 23.0. The Bertz CT molecular complexity index is 563. The van der Waals surface area contributed by atoms with Gasteiger partial charge in [0, 0.05) is 17.8 Å². The number of nitrogen functional groups attached to an aromatic ring is 1. The Hall–Kier alpha value is -2.03. The molecule has 150 valence electrons. The van der Waals surface area contributed by atoms with E-state index in [1.54, 1.807) is 6.07 Å². The number of anilines is 2. The van der Waals surface area contributed by atoms with Crippen LogP contribution in [-0.4, -0.2) is 5.91 Å². The molecule has 0 unspecified atom stereocenters. The summed E-state index contributed by atoms with van der Waals surface area (Å²) in [5.74, 6) is 0.0753. The van der Waals surface area contributed by atoms with Crippen LogP contribution in [0.15, 0.2) is 48.6 Å². The average Bonchev–Trinajstić information content (AvgIpc) is 2.65. The highest BCUT2D eigenvalue weighted by Crippen LogP contribution is 2.13. The third-order valence-corrected chi connectivity index (χ3v) is 4.52. The van der Waals surface area contributed by atoms with E-state index in [1.807, 2.05) is 18.2 Å². The van der Waals surface area contributed by atoms with Crippen LogP contribution >= 0.6 is 0 Å². The smallest absolute Gasteiger partial charge is 0.224 e. The second-order valence-electron chi connectivity index (χ2n) is 7.15. The van der Waals surface area contributed by atoms with Crippen LogP contribution in [0.1, 0.15) is 84.0 Å². The fourth-order valence-electron chi connectivity index (χ4n) is 2.94. The zero-order valence-corrected chi connectivity index (χ0v) is 17.1. The Kier molecular flexibility index (Phi) is 13.8. The van der Waals surface area contributed by atoms with Crippen LogP contribution in [0.2, 0.25) is 0 Å². The maximum atomic E-state index is 11.9. The molecule has 3 nitrogen and oxygen atoms in total. The molecule has 0 aromatic heterocycles. The van der Waals surface area contributed by atoms with Gasteiger partial charge in [-0.2, -0.15) is 0 Å². The van der Waals surface area contributed by atoms with E-state index in [-0.39, 0.29) is 5.91 Å². The Labute approximate surface area is 166 Å². The fraction of sp³-hybridized carbons (Fsp3) is 0.542. The molecule has 1 aromatic carbocycles. The molecule has 3 N–H and O–H groups in total. The minimum atomic E-state index is 0.0753. The number of hydrogen-bond donors (Lipinski definition) is 2. The summed E-state index contributed by atoms with van der Waals surface area (Å²) in [6, 6.07) is 7.32. The highest BCUT2D eigenvalue weighted by atomic mass is 16.1. The normalized spacial score (nSPS) is 11.4. The van der Waals surface area contributed by atoms with Gasteiger partial charge in [0.25, 0.3) is 0 Å². The number of rotatable bonds is 15. The summed E-state index contributed by atoms with van der Waals surface area (Å²) in [6.07, 6.45) is 22.9. The third kappa shape index (κ3) is 13.8. The van der Waals surface area contributed by atoms with E-state index in [9.17, 15) is 4.79 Å². The molecule has 0 saturated heterocycles. The summed E-state index contributed by atoms with van der Waals surface area (Å²) in [5, 5.41) is 2.90. The van der Waals surface area contributed by atoms with Crippen molar-refractivity contribution in [3.05, 3.63) is 48.6 Å². The van der Waals surface area contributed by atoms with E-state index in [4.69, 9.17) is 5.73 Å². The Morgan fingerprint density at radius 1 is 0.926 bits per heavy atom. The van der Waals surface area contributed by atoms with E-state index < -0.39 is 0 Å². The maximum Gasteiger partial charge on any atom is 0.224 e. The molecule has 0 atom stereocenters. The topological polar surface area (TPSA) is 55.1 Å². The van der Waals surface area contributed by atoms with E-state index in [0.717, 1.165) is 24.9 Å². The number of hydrogen-bond acceptors (Lipinski definition) is 2. The van der Waals surface area contributed by atoms with Gasteiger partial charge in [-0.25, -0.2) is 0 Å². The van der Waals surface area contributed by atoms with Crippen molar-refractivity contribution < 1.29 is 4.79 Å². The molecular formula is C24H38N2O. The molecule has 0 fully saturated rings. The van der Waals surface area contributed by atoms with Crippen LogP contribution in [0.3, 0.4) is 0 Å². The lowest BCUT2D eigenvalue weighted by Crippen LogP contribution is -2.11. The summed E-state index contributed by atoms with van der Waals surface area (Å²) < 4.78 is 0. The van der Waals surface area contributed by atoms with E-state index in [0.29, 0.717) is 12.1 Å². The van der Waals surface area contributed by atoms with Crippen molar-refractivity contribution >= 4 is 17.3 Å². The lowest BCUT2D eigenvalue weighted by atomic mass is 10.1. The highest BCUT2D eigenvalue weighted by molar-refractivity contribution is 5.91. The molecule has 1 amide bonds. The number of nitrogens with two attached hydrogens (primary N) is 1. The van der Waals surface area contributed by atoms with Crippen molar-refractivity contribution in [2.45, 2.75) is 84.0 Å². The SMILES string of the molecule is CCCCCC=CCC=CCCCCCCCC(=O)Nc1cccc(N)c1. The number of nitrogens with one attached hydrogen (secondary N) is 1. The molecule has 1 aromatic rings. The van der Waals surface area contributed by atoms with Gasteiger partial charge in [0.2, 0.25) is 5.91 Å². The van der Waals surface area contributed by atoms with Crippen LogP contribution < -0.4 is 11.1 Å². The van der Waals surface area contributed by atoms with Crippen molar-refractivity contribution in [1.29, 1.82) is 0 Å². The van der Waals surface area contributed by atoms with Crippen LogP contribution in [0.4, 0.5) is 11.4 Å². The van der Waals surface area contributed by atoms with Gasteiger partial charge >= 0.3 is 0 Å². The van der Waals surface area contributed by atoms with Gasteiger partial charge in [0.05, 0.1) is 0 Å². The molecule has 0 heterocycles. The third-order valence-electron chi connectivity index (χ3n) is 4.52. The average molecular weight is 371 g/mol. The van der Waals surface area contributed by atoms with Gasteiger partial charge in [-0.1, -0.05) is 69.4 Å². The monoisotopic (exact) mass is 370 g/mol. The summed E-state index contributed by atoms with van der Waals surface area (Å²) in [5.41, 5.74) is 7.16. The van der Waals surface area contributed by atoms with Gasteiger partial charge < -0.3 is 11.1 Å². The Morgan fingerprint density at radius 3 is 2.30 bits per heavy atom. The van der Waals surface area contributed by atoms with E-state index in [1.165, 1.54) is 51.4 Å². The second-order valence-corrected chi connectivity index (χ2v) is 7.15. The van der Waals surface area contributed by atoms with Crippen molar-refractivity contribution in [2.24, 2.45) is 0 Å². The van der Waals surface area contributed by atoms with Gasteiger partial charge in [-0.05, 0) is 56.7 Å². The molecule has 0 aliphatic carbocycles. The number of benzene rings is 1. The first-order chi connectivity index (χ1) is 13.2. The summed E-state index contributed by atoms with van der Waals surface area (Å²) in [6.45, 7) is 2.24. The van der Waals surface area contributed by atoms with Crippen LogP contribution in [0, 0.1) is 0 Å². The van der Waals surface area contributed by atoms with Gasteiger partial charge in [0.1, 0.15) is 0 Å². The van der Waals surface area contributed by atoms with Crippen molar-refractivity contribution in [1.82, 2.24) is 0 Å². The molecular weight excluding hydrogens is 332 g/mol.